The number of hydrogen-bond acceptors (Lipinski definition) is 3. The molecule has 6 heteroatoms. The van der Waals surface area contributed by atoms with E-state index in [0.717, 1.165) is 12.5 Å². The Morgan fingerprint density at radius 3 is 2.73 bits per heavy atom. The van der Waals surface area contributed by atoms with Gasteiger partial charge in [0.05, 0.1) is 0 Å². The molecule has 3 nitrogen and oxygen atoms in total. The number of aromatic nitrogens is 1. The van der Waals surface area contributed by atoms with Gasteiger partial charge in [-0.05, 0) is 11.6 Å². The Hall–Kier alpha value is -0.940. The number of nitrogens with two attached hydrogens (primary N) is 1. The van der Waals surface area contributed by atoms with Gasteiger partial charge in [0.2, 0.25) is 5.88 Å². The van der Waals surface area contributed by atoms with Crippen LogP contribution in [0.1, 0.15) is 12.5 Å². The minimum absolute atomic E-state index is 0. The van der Waals surface area contributed by atoms with Gasteiger partial charge in [-0.15, -0.1) is 12.4 Å². The van der Waals surface area contributed by atoms with Gasteiger partial charge in [0.15, 0.2) is 6.61 Å². The summed E-state index contributed by atoms with van der Waals surface area (Å²) >= 11 is 0. The maximum absolute atomic E-state index is 12.4. The second kappa shape index (κ2) is 5.82. The van der Waals surface area contributed by atoms with Crippen molar-refractivity contribution in [1.82, 2.24) is 4.98 Å². The van der Waals surface area contributed by atoms with Crippen molar-refractivity contribution in [2.45, 2.75) is 19.4 Å². The number of pyridine rings is 1. The van der Waals surface area contributed by atoms with Crippen molar-refractivity contribution in [3.05, 3.63) is 23.9 Å². The van der Waals surface area contributed by atoms with Crippen molar-refractivity contribution in [2.75, 3.05) is 6.61 Å². The highest BCUT2D eigenvalue weighted by molar-refractivity contribution is 5.85. The lowest BCUT2D eigenvalue weighted by atomic mass is 10.3. The van der Waals surface area contributed by atoms with Crippen LogP contribution in [0.15, 0.2) is 18.3 Å². The maximum atomic E-state index is 12.4. The van der Waals surface area contributed by atoms with Crippen LogP contribution in [0.2, 0.25) is 0 Å². The Morgan fingerprint density at radius 2 is 2.20 bits per heavy atom. The highest BCUT2D eigenvalue weighted by Gasteiger charge is 2.22. The third kappa shape index (κ3) is 5.49. The van der Waals surface area contributed by atoms with Gasteiger partial charge in [0.1, 0.15) is 0 Å². The topological polar surface area (TPSA) is 48.1 Å². The van der Waals surface area contributed by atoms with Gasteiger partial charge in [-0.25, -0.2) is 13.8 Å². The Balaban J connectivity index is 0.00000196. The first-order valence-corrected chi connectivity index (χ1v) is 4.17. The summed E-state index contributed by atoms with van der Waals surface area (Å²) in [6.45, 7) is 0.454. The number of alkyl halides is 2. The largest absolute Gasteiger partial charge is 0.471 e. The van der Waals surface area contributed by atoms with Gasteiger partial charge in [0, 0.05) is 25.7 Å². The van der Waals surface area contributed by atoms with Gasteiger partial charge >= 0.3 is 0 Å². The quantitative estimate of drug-likeness (QED) is 0.873. The second-order valence-electron chi connectivity index (χ2n) is 3.07. The van der Waals surface area contributed by atoms with E-state index in [4.69, 9.17) is 10.5 Å². The highest BCUT2D eigenvalue weighted by Crippen LogP contribution is 2.15. The maximum Gasteiger partial charge on any atom is 0.278 e. The van der Waals surface area contributed by atoms with Crippen LogP contribution in [-0.4, -0.2) is 17.5 Å². The molecule has 0 spiro atoms. The molecule has 1 aromatic rings. The normalized spacial score (nSPS) is 10.7. The first-order valence-electron chi connectivity index (χ1n) is 4.17. The molecule has 2 N–H and O–H groups in total. The van der Waals surface area contributed by atoms with Crippen LogP contribution < -0.4 is 10.5 Å². The molecule has 0 amide bonds. The average Bonchev–Trinajstić information content (AvgIpc) is 2.14. The third-order valence-electron chi connectivity index (χ3n) is 1.51. The van der Waals surface area contributed by atoms with Gasteiger partial charge in [-0.1, -0.05) is 0 Å². The number of ether oxygens (including phenoxy) is 1. The van der Waals surface area contributed by atoms with Crippen molar-refractivity contribution in [3.63, 3.8) is 0 Å². The predicted octanol–water partition coefficient (Wildman–Crippen LogP) is 2.00. The summed E-state index contributed by atoms with van der Waals surface area (Å²) in [4.78, 5) is 3.78. The zero-order valence-electron chi connectivity index (χ0n) is 8.24. The molecule has 0 radical (unpaired) electrons. The van der Waals surface area contributed by atoms with Crippen LogP contribution in [0.25, 0.3) is 0 Å². The number of nitrogens with zero attached hydrogens (tertiary/aromatic N) is 1. The minimum atomic E-state index is -2.85. The molecule has 15 heavy (non-hydrogen) atoms. The number of halogens is 3. The lowest BCUT2D eigenvalue weighted by Crippen LogP contribution is -2.21. The van der Waals surface area contributed by atoms with Crippen LogP contribution in [-0.2, 0) is 6.54 Å². The smallest absolute Gasteiger partial charge is 0.278 e. The van der Waals surface area contributed by atoms with E-state index in [1.165, 1.54) is 6.20 Å². The van der Waals surface area contributed by atoms with Crippen LogP contribution in [0.3, 0.4) is 0 Å². The van der Waals surface area contributed by atoms with Crippen LogP contribution in [0, 0.1) is 0 Å². The molecule has 0 fully saturated rings. The zero-order chi connectivity index (χ0) is 10.6. The van der Waals surface area contributed by atoms with E-state index < -0.39 is 12.5 Å². The zero-order valence-corrected chi connectivity index (χ0v) is 9.06. The van der Waals surface area contributed by atoms with Gasteiger partial charge in [-0.2, -0.15) is 0 Å². The molecule has 1 aromatic heterocycles. The van der Waals surface area contributed by atoms with Crippen molar-refractivity contribution >= 4 is 12.4 Å². The molecule has 0 bridgehead atoms. The summed E-state index contributed by atoms with van der Waals surface area (Å²) in [7, 11) is 0. The summed E-state index contributed by atoms with van der Waals surface area (Å²) in [6.07, 6.45) is 1.48. The van der Waals surface area contributed by atoms with Crippen LogP contribution in [0.4, 0.5) is 8.78 Å². The molecule has 0 atom stereocenters. The molecule has 0 unspecified atom stereocenters. The minimum Gasteiger partial charge on any atom is -0.471 e. The predicted molar refractivity (Wildman–Crippen MR) is 55.5 cm³/mol. The molecule has 0 aliphatic carbocycles. The summed E-state index contributed by atoms with van der Waals surface area (Å²) in [5, 5.41) is 0. The molecule has 0 saturated carbocycles. The van der Waals surface area contributed by atoms with E-state index in [2.05, 4.69) is 4.98 Å². The second-order valence-corrected chi connectivity index (χ2v) is 3.07. The molecular weight excluding hydrogens is 226 g/mol. The Labute approximate surface area is 93.0 Å². The van der Waals surface area contributed by atoms with Crippen molar-refractivity contribution in [1.29, 1.82) is 0 Å². The summed E-state index contributed by atoms with van der Waals surface area (Å²) in [5.41, 5.74) is 6.17. The SMILES string of the molecule is CC(F)(F)COc1cc(CN)ccn1.Cl. The van der Waals surface area contributed by atoms with Gasteiger partial charge < -0.3 is 10.5 Å². The fourth-order valence-corrected chi connectivity index (χ4v) is 0.857. The number of rotatable bonds is 4. The van der Waals surface area contributed by atoms with E-state index in [0.29, 0.717) is 6.54 Å². The number of hydrogen-bond donors (Lipinski definition) is 1. The molecule has 0 aromatic carbocycles. The fourth-order valence-electron chi connectivity index (χ4n) is 0.857. The molecule has 1 rings (SSSR count). The molecular formula is C9H13ClF2N2O. The van der Waals surface area contributed by atoms with Crippen molar-refractivity contribution in [2.24, 2.45) is 5.73 Å². The average molecular weight is 239 g/mol. The first kappa shape index (κ1) is 14.1. The first-order chi connectivity index (χ1) is 6.51. The monoisotopic (exact) mass is 238 g/mol. The third-order valence-corrected chi connectivity index (χ3v) is 1.51. The Bertz CT molecular complexity index is 304. The lowest BCUT2D eigenvalue weighted by molar-refractivity contribution is -0.0242. The standard InChI is InChI=1S/C9H12F2N2O.ClH/c1-9(10,11)6-14-8-4-7(5-12)2-3-13-8;/h2-4H,5-6,12H2,1H3;1H. The van der Waals surface area contributed by atoms with E-state index >= 15 is 0 Å². The van der Waals surface area contributed by atoms with Crippen LogP contribution >= 0.6 is 12.4 Å². The summed E-state index contributed by atoms with van der Waals surface area (Å²) < 4.78 is 29.6. The van der Waals surface area contributed by atoms with E-state index in [1.807, 2.05) is 0 Å². The van der Waals surface area contributed by atoms with E-state index in [-0.39, 0.29) is 18.3 Å². The van der Waals surface area contributed by atoms with Crippen LogP contribution in [0.5, 0.6) is 5.88 Å². The van der Waals surface area contributed by atoms with E-state index in [1.54, 1.807) is 12.1 Å². The Kier molecular flexibility index (Phi) is 5.46. The highest BCUT2D eigenvalue weighted by atomic mass is 35.5. The Morgan fingerprint density at radius 1 is 1.53 bits per heavy atom. The molecule has 0 aliphatic rings. The van der Waals surface area contributed by atoms with Crippen molar-refractivity contribution in [3.8, 4) is 5.88 Å². The van der Waals surface area contributed by atoms with Crippen molar-refractivity contribution < 1.29 is 13.5 Å². The summed E-state index contributed by atoms with van der Waals surface area (Å²) in [6, 6.07) is 3.25. The molecule has 86 valence electrons. The molecule has 0 saturated heterocycles. The molecule has 1 heterocycles. The van der Waals surface area contributed by atoms with Gasteiger partial charge in [-0.3, -0.25) is 0 Å². The lowest BCUT2D eigenvalue weighted by Gasteiger charge is -2.11. The molecule has 0 aliphatic heterocycles. The summed E-state index contributed by atoms with van der Waals surface area (Å²) in [5.74, 6) is -2.67. The van der Waals surface area contributed by atoms with E-state index in [9.17, 15) is 8.78 Å². The fraction of sp³-hybridized carbons (Fsp3) is 0.444. The van der Waals surface area contributed by atoms with Gasteiger partial charge in [0.25, 0.3) is 5.92 Å².